The number of ketones is 1. The van der Waals surface area contributed by atoms with E-state index in [-0.39, 0.29) is 24.3 Å². The molecule has 0 amide bonds. The fraction of sp³-hybridized carbons (Fsp3) is 0.500. The highest BCUT2D eigenvalue weighted by atomic mass is 19.1. The Hall–Kier alpha value is -1.22. The molecule has 1 unspecified atom stereocenters. The molecule has 1 atom stereocenters. The molecule has 0 spiro atoms. The summed E-state index contributed by atoms with van der Waals surface area (Å²) in [4.78, 5) is 11.6. The number of hydrogen-bond acceptors (Lipinski definition) is 2. The number of halogens is 1. The standard InChI is InChI=1S/C14H19FO2/c1-10(2)11(3)17-9-14(16)8-12-4-6-13(15)7-5-12/h4-7,10-11H,8-9H2,1-3H3. The highest BCUT2D eigenvalue weighted by Gasteiger charge is 2.10. The van der Waals surface area contributed by atoms with E-state index in [1.165, 1.54) is 12.1 Å². The van der Waals surface area contributed by atoms with Crippen LogP contribution in [0.15, 0.2) is 24.3 Å². The summed E-state index contributed by atoms with van der Waals surface area (Å²) in [7, 11) is 0. The van der Waals surface area contributed by atoms with Gasteiger partial charge in [0.2, 0.25) is 0 Å². The first-order chi connectivity index (χ1) is 7.99. The van der Waals surface area contributed by atoms with Crippen LogP contribution in [-0.4, -0.2) is 18.5 Å². The SMILES string of the molecule is CC(C)C(C)OCC(=O)Cc1ccc(F)cc1. The highest BCUT2D eigenvalue weighted by Crippen LogP contribution is 2.07. The molecular formula is C14H19FO2. The van der Waals surface area contributed by atoms with Crippen LogP contribution < -0.4 is 0 Å². The van der Waals surface area contributed by atoms with Gasteiger partial charge in [-0.3, -0.25) is 4.79 Å². The molecule has 94 valence electrons. The van der Waals surface area contributed by atoms with Crippen LogP contribution in [0.3, 0.4) is 0 Å². The summed E-state index contributed by atoms with van der Waals surface area (Å²) in [5, 5.41) is 0. The van der Waals surface area contributed by atoms with Crippen LogP contribution in [-0.2, 0) is 16.0 Å². The Morgan fingerprint density at radius 1 is 1.24 bits per heavy atom. The smallest absolute Gasteiger partial charge is 0.162 e. The minimum absolute atomic E-state index is 0.0177. The first-order valence-corrected chi connectivity index (χ1v) is 5.86. The summed E-state index contributed by atoms with van der Waals surface area (Å²) in [5.41, 5.74) is 0.817. The van der Waals surface area contributed by atoms with Crippen molar-refractivity contribution in [2.24, 2.45) is 5.92 Å². The van der Waals surface area contributed by atoms with Crippen molar-refractivity contribution in [1.82, 2.24) is 0 Å². The molecule has 0 aromatic heterocycles. The minimum Gasteiger partial charge on any atom is -0.370 e. The van der Waals surface area contributed by atoms with Crippen LogP contribution in [0.25, 0.3) is 0 Å². The largest absolute Gasteiger partial charge is 0.370 e. The molecule has 0 bridgehead atoms. The van der Waals surface area contributed by atoms with E-state index in [1.807, 2.05) is 6.92 Å². The van der Waals surface area contributed by atoms with E-state index in [9.17, 15) is 9.18 Å². The molecule has 0 N–H and O–H groups in total. The lowest BCUT2D eigenvalue weighted by Crippen LogP contribution is -2.21. The molecule has 0 aliphatic rings. The predicted octanol–water partition coefficient (Wildman–Crippen LogP) is 3.00. The van der Waals surface area contributed by atoms with Crippen LogP contribution in [0.5, 0.6) is 0 Å². The van der Waals surface area contributed by atoms with E-state index in [0.29, 0.717) is 12.3 Å². The van der Waals surface area contributed by atoms with Gasteiger partial charge in [-0.05, 0) is 30.5 Å². The fourth-order valence-corrected chi connectivity index (χ4v) is 1.30. The number of carbonyl (C=O) groups is 1. The number of hydrogen-bond donors (Lipinski definition) is 0. The minimum atomic E-state index is -0.286. The molecule has 1 rings (SSSR count). The van der Waals surface area contributed by atoms with Gasteiger partial charge >= 0.3 is 0 Å². The number of Topliss-reactive ketones (excluding diaryl/α,β-unsaturated/α-hetero) is 1. The Bertz CT molecular complexity index is 357. The third-order valence-electron chi connectivity index (χ3n) is 2.76. The Balaban J connectivity index is 2.37. The van der Waals surface area contributed by atoms with Crippen molar-refractivity contribution in [2.75, 3.05) is 6.61 Å². The van der Waals surface area contributed by atoms with Crippen molar-refractivity contribution in [1.29, 1.82) is 0 Å². The van der Waals surface area contributed by atoms with Gasteiger partial charge in [0, 0.05) is 6.42 Å². The van der Waals surface area contributed by atoms with Gasteiger partial charge in [0.1, 0.15) is 12.4 Å². The van der Waals surface area contributed by atoms with E-state index in [2.05, 4.69) is 13.8 Å². The van der Waals surface area contributed by atoms with Crippen molar-refractivity contribution in [3.8, 4) is 0 Å². The topological polar surface area (TPSA) is 26.3 Å². The Kier molecular flexibility index (Phi) is 5.29. The van der Waals surface area contributed by atoms with Gasteiger partial charge in [0.25, 0.3) is 0 Å². The number of benzene rings is 1. The maximum Gasteiger partial charge on any atom is 0.162 e. The fourth-order valence-electron chi connectivity index (χ4n) is 1.30. The molecule has 0 radical (unpaired) electrons. The molecule has 0 saturated heterocycles. The second-order valence-corrected chi connectivity index (χ2v) is 4.60. The monoisotopic (exact) mass is 238 g/mol. The molecule has 0 saturated carbocycles. The first kappa shape index (κ1) is 13.8. The van der Waals surface area contributed by atoms with Gasteiger partial charge in [-0.25, -0.2) is 4.39 Å². The second kappa shape index (κ2) is 6.50. The van der Waals surface area contributed by atoms with Crippen molar-refractivity contribution in [3.63, 3.8) is 0 Å². The van der Waals surface area contributed by atoms with Gasteiger partial charge in [-0.2, -0.15) is 0 Å². The van der Waals surface area contributed by atoms with Crippen molar-refractivity contribution in [2.45, 2.75) is 33.3 Å². The third kappa shape index (κ3) is 5.09. The summed E-state index contributed by atoms with van der Waals surface area (Å²) in [6.07, 6.45) is 0.373. The van der Waals surface area contributed by atoms with Crippen LogP contribution in [0.4, 0.5) is 4.39 Å². The lowest BCUT2D eigenvalue weighted by atomic mass is 10.1. The number of carbonyl (C=O) groups excluding carboxylic acids is 1. The molecule has 17 heavy (non-hydrogen) atoms. The molecule has 0 aliphatic heterocycles. The Labute approximate surface area is 102 Å². The van der Waals surface area contributed by atoms with Crippen molar-refractivity contribution in [3.05, 3.63) is 35.6 Å². The average Bonchev–Trinajstić information content (AvgIpc) is 2.29. The zero-order valence-electron chi connectivity index (χ0n) is 10.6. The van der Waals surface area contributed by atoms with Gasteiger partial charge in [0.15, 0.2) is 5.78 Å². The lowest BCUT2D eigenvalue weighted by molar-refractivity contribution is -0.125. The third-order valence-corrected chi connectivity index (χ3v) is 2.76. The normalized spacial score (nSPS) is 12.8. The second-order valence-electron chi connectivity index (χ2n) is 4.60. The van der Waals surface area contributed by atoms with Crippen LogP contribution in [0, 0.1) is 11.7 Å². The molecule has 0 heterocycles. The summed E-state index contributed by atoms with van der Waals surface area (Å²) in [6.45, 7) is 6.18. The van der Waals surface area contributed by atoms with Crippen molar-refractivity contribution >= 4 is 5.78 Å². The van der Waals surface area contributed by atoms with Crippen LogP contribution in [0.1, 0.15) is 26.3 Å². The Morgan fingerprint density at radius 3 is 2.35 bits per heavy atom. The quantitative estimate of drug-likeness (QED) is 0.761. The maximum atomic E-state index is 12.7. The average molecular weight is 238 g/mol. The van der Waals surface area contributed by atoms with Gasteiger partial charge in [-0.15, -0.1) is 0 Å². The molecular weight excluding hydrogens is 219 g/mol. The van der Waals surface area contributed by atoms with Gasteiger partial charge in [0.05, 0.1) is 6.10 Å². The number of ether oxygens (including phenoxy) is 1. The van der Waals surface area contributed by atoms with E-state index in [4.69, 9.17) is 4.74 Å². The van der Waals surface area contributed by atoms with E-state index in [1.54, 1.807) is 12.1 Å². The summed E-state index contributed by atoms with van der Waals surface area (Å²) < 4.78 is 18.1. The number of rotatable bonds is 6. The summed E-state index contributed by atoms with van der Waals surface area (Å²) in [6, 6.07) is 5.97. The maximum absolute atomic E-state index is 12.7. The molecule has 0 aliphatic carbocycles. The van der Waals surface area contributed by atoms with E-state index in [0.717, 1.165) is 5.56 Å². The van der Waals surface area contributed by atoms with Gasteiger partial charge in [-0.1, -0.05) is 26.0 Å². The zero-order chi connectivity index (χ0) is 12.8. The molecule has 1 aromatic rings. The van der Waals surface area contributed by atoms with E-state index < -0.39 is 0 Å². The highest BCUT2D eigenvalue weighted by molar-refractivity contribution is 5.82. The first-order valence-electron chi connectivity index (χ1n) is 5.86. The summed E-state index contributed by atoms with van der Waals surface area (Å²) in [5.74, 6) is 0.128. The molecule has 3 heteroatoms. The zero-order valence-corrected chi connectivity index (χ0v) is 10.6. The van der Waals surface area contributed by atoms with Crippen LogP contribution >= 0.6 is 0 Å². The molecule has 0 fully saturated rings. The van der Waals surface area contributed by atoms with Crippen LogP contribution in [0.2, 0.25) is 0 Å². The van der Waals surface area contributed by atoms with Gasteiger partial charge < -0.3 is 4.74 Å². The predicted molar refractivity (Wildman–Crippen MR) is 65.4 cm³/mol. The van der Waals surface area contributed by atoms with E-state index >= 15 is 0 Å². The molecule has 1 aromatic carbocycles. The Morgan fingerprint density at radius 2 is 1.82 bits per heavy atom. The van der Waals surface area contributed by atoms with Crippen molar-refractivity contribution < 1.29 is 13.9 Å². The molecule has 2 nitrogen and oxygen atoms in total. The lowest BCUT2D eigenvalue weighted by Gasteiger charge is -2.15. The summed E-state index contributed by atoms with van der Waals surface area (Å²) >= 11 is 0.